The highest BCUT2D eigenvalue weighted by Crippen LogP contribution is 2.28. The predicted octanol–water partition coefficient (Wildman–Crippen LogP) is 1.41. The summed E-state index contributed by atoms with van der Waals surface area (Å²) in [4.78, 5) is 2.41. The number of nitrogens with zero attached hydrogens (tertiary/aromatic N) is 1. The second kappa shape index (κ2) is 4.53. The van der Waals surface area contributed by atoms with Crippen LogP contribution in [0.1, 0.15) is 5.56 Å². The SMILES string of the molecule is COc1cccc(N2CCNCC2)c1C. The van der Waals surface area contributed by atoms with E-state index in [9.17, 15) is 0 Å². The lowest BCUT2D eigenvalue weighted by Crippen LogP contribution is -2.43. The Labute approximate surface area is 91.0 Å². The molecule has 3 heteroatoms. The molecule has 1 aromatic carbocycles. The van der Waals surface area contributed by atoms with Crippen LogP contribution in [0.4, 0.5) is 5.69 Å². The molecule has 0 saturated carbocycles. The van der Waals surface area contributed by atoms with E-state index < -0.39 is 0 Å². The molecular formula is C12H18N2O. The van der Waals surface area contributed by atoms with E-state index >= 15 is 0 Å². The first-order valence-corrected chi connectivity index (χ1v) is 5.42. The van der Waals surface area contributed by atoms with Gasteiger partial charge in [0.1, 0.15) is 5.75 Å². The van der Waals surface area contributed by atoms with Crippen LogP contribution in [0.5, 0.6) is 5.75 Å². The zero-order valence-electron chi connectivity index (χ0n) is 9.42. The molecule has 1 aliphatic rings. The third-order valence-corrected chi connectivity index (χ3v) is 2.93. The number of rotatable bonds is 2. The van der Waals surface area contributed by atoms with Gasteiger partial charge in [-0.1, -0.05) is 6.07 Å². The first-order chi connectivity index (χ1) is 7.33. The Morgan fingerprint density at radius 2 is 2.00 bits per heavy atom. The summed E-state index contributed by atoms with van der Waals surface area (Å²) in [6, 6.07) is 6.24. The van der Waals surface area contributed by atoms with Gasteiger partial charge in [0.2, 0.25) is 0 Å². The number of hydrogen-bond donors (Lipinski definition) is 1. The Hall–Kier alpha value is -1.22. The quantitative estimate of drug-likeness (QED) is 0.792. The molecule has 82 valence electrons. The monoisotopic (exact) mass is 206 g/mol. The third kappa shape index (κ3) is 2.07. The zero-order chi connectivity index (χ0) is 10.7. The molecule has 3 nitrogen and oxygen atoms in total. The summed E-state index contributed by atoms with van der Waals surface area (Å²) >= 11 is 0. The molecule has 0 amide bonds. The van der Waals surface area contributed by atoms with E-state index in [4.69, 9.17) is 4.74 Å². The van der Waals surface area contributed by atoms with E-state index in [1.165, 1.54) is 11.3 Å². The van der Waals surface area contributed by atoms with Crippen molar-refractivity contribution in [3.63, 3.8) is 0 Å². The third-order valence-electron chi connectivity index (χ3n) is 2.93. The number of methoxy groups -OCH3 is 1. The summed E-state index contributed by atoms with van der Waals surface area (Å²) in [7, 11) is 1.73. The van der Waals surface area contributed by atoms with Crippen LogP contribution in [-0.4, -0.2) is 33.3 Å². The second-order valence-electron chi connectivity index (χ2n) is 3.84. The van der Waals surface area contributed by atoms with E-state index in [1.54, 1.807) is 7.11 Å². The van der Waals surface area contributed by atoms with Gasteiger partial charge in [-0.25, -0.2) is 0 Å². The summed E-state index contributed by atoms with van der Waals surface area (Å²) in [5.74, 6) is 0.978. The molecule has 1 aliphatic heterocycles. The molecule has 0 atom stereocenters. The number of ether oxygens (including phenoxy) is 1. The van der Waals surface area contributed by atoms with Gasteiger partial charge < -0.3 is 15.0 Å². The van der Waals surface area contributed by atoms with Crippen molar-refractivity contribution in [2.75, 3.05) is 38.2 Å². The molecule has 0 aromatic heterocycles. The molecule has 15 heavy (non-hydrogen) atoms. The van der Waals surface area contributed by atoms with Gasteiger partial charge in [0.25, 0.3) is 0 Å². The van der Waals surface area contributed by atoms with Crippen molar-refractivity contribution in [2.45, 2.75) is 6.92 Å². The number of anilines is 1. The molecule has 0 bridgehead atoms. The molecule has 0 spiro atoms. The second-order valence-corrected chi connectivity index (χ2v) is 3.84. The maximum Gasteiger partial charge on any atom is 0.123 e. The summed E-state index contributed by atoms with van der Waals surface area (Å²) < 4.78 is 5.33. The van der Waals surface area contributed by atoms with E-state index in [-0.39, 0.29) is 0 Å². The maximum atomic E-state index is 5.33. The Morgan fingerprint density at radius 3 is 2.67 bits per heavy atom. The molecular weight excluding hydrogens is 188 g/mol. The molecule has 1 fully saturated rings. The summed E-state index contributed by atoms with van der Waals surface area (Å²) in [6.45, 7) is 6.41. The van der Waals surface area contributed by atoms with Gasteiger partial charge in [-0.15, -0.1) is 0 Å². The smallest absolute Gasteiger partial charge is 0.123 e. The molecule has 1 saturated heterocycles. The standard InChI is InChI=1S/C12H18N2O/c1-10-11(4-3-5-12(10)15-2)14-8-6-13-7-9-14/h3-5,13H,6-9H2,1-2H3. The average Bonchev–Trinajstić information content (AvgIpc) is 2.30. The highest BCUT2D eigenvalue weighted by molar-refractivity contribution is 5.58. The Kier molecular flexibility index (Phi) is 3.11. The van der Waals surface area contributed by atoms with Gasteiger partial charge in [-0.2, -0.15) is 0 Å². The molecule has 1 N–H and O–H groups in total. The van der Waals surface area contributed by atoms with Crippen LogP contribution in [-0.2, 0) is 0 Å². The van der Waals surface area contributed by atoms with Crippen molar-refractivity contribution in [1.82, 2.24) is 5.32 Å². The molecule has 0 aliphatic carbocycles. The minimum atomic E-state index is 0.978. The molecule has 1 heterocycles. The van der Waals surface area contributed by atoms with Gasteiger partial charge in [0.05, 0.1) is 7.11 Å². The fraction of sp³-hybridized carbons (Fsp3) is 0.500. The van der Waals surface area contributed by atoms with Gasteiger partial charge >= 0.3 is 0 Å². The summed E-state index contributed by atoms with van der Waals surface area (Å²) in [6.07, 6.45) is 0. The highest BCUT2D eigenvalue weighted by Gasteiger charge is 2.13. The first-order valence-electron chi connectivity index (χ1n) is 5.42. The van der Waals surface area contributed by atoms with E-state index in [0.717, 1.165) is 31.9 Å². The van der Waals surface area contributed by atoms with Crippen molar-refractivity contribution >= 4 is 5.69 Å². The van der Waals surface area contributed by atoms with Crippen LogP contribution in [0.15, 0.2) is 18.2 Å². The van der Waals surface area contributed by atoms with Crippen molar-refractivity contribution in [3.8, 4) is 5.75 Å². The fourth-order valence-electron chi connectivity index (χ4n) is 2.07. The van der Waals surface area contributed by atoms with E-state index in [0.29, 0.717) is 0 Å². The van der Waals surface area contributed by atoms with Crippen LogP contribution in [0.2, 0.25) is 0 Å². The lowest BCUT2D eigenvalue weighted by Gasteiger charge is -2.31. The minimum absolute atomic E-state index is 0.978. The maximum absolute atomic E-state index is 5.33. The number of benzene rings is 1. The average molecular weight is 206 g/mol. The highest BCUT2D eigenvalue weighted by atomic mass is 16.5. The lowest BCUT2D eigenvalue weighted by atomic mass is 10.1. The lowest BCUT2D eigenvalue weighted by molar-refractivity contribution is 0.411. The summed E-state index contributed by atoms with van der Waals surface area (Å²) in [5.41, 5.74) is 2.54. The van der Waals surface area contributed by atoms with E-state index in [2.05, 4.69) is 29.3 Å². The number of hydrogen-bond acceptors (Lipinski definition) is 3. The van der Waals surface area contributed by atoms with Crippen molar-refractivity contribution in [2.24, 2.45) is 0 Å². The van der Waals surface area contributed by atoms with Gasteiger partial charge in [0.15, 0.2) is 0 Å². The Morgan fingerprint density at radius 1 is 1.27 bits per heavy atom. The van der Waals surface area contributed by atoms with Crippen LogP contribution in [0, 0.1) is 6.92 Å². The van der Waals surface area contributed by atoms with Gasteiger partial charge in [0, 0.05) is 37.4 Å². The van der Waals surface area contributed by atoms with Crippen molar-refractivity contribution < 1.29 is 4.74 Å². The first kappa shape index (κ1) is 10.3. The Balaban J connectivity index is 2.26. The van der Waals surface area contributed by atoms with Crippen LogP contribution < -0.4 is 15.0 Å². The minimum Gasteiger partial charge on any atom is -0.496 e. The van der Waals surface area contributed by atoms with Crippen molar-refractivity contribution in [1.29, 1.82) is 0 Å². The van der Waals surface area contributed by atoms with Crippen LogP contribution in [0.3, 0.4) is 0 Å². The molecule has 0 radical (unpaired) electrons. The molecule has 0 unspecified atom stereocenters. The number of nitrogens with one attached hydrogen (secondary N) is 1. The van der Waals surface area contributed by atoms with Gasteiger partial charge in [-0.3, -0.25) is 0 Å². The summed E-state index contributed by atoms with van der Waals surface area (Å²) in [5, 5.41) is 3.36. The normalized spacial score (nSPS) is 16.5. The van der Waals surface area contributed by atoms with Crippen molar-refractivity contribution in [3.05, 3.63) is 23.8 Å². The number of piperazine rings is 1. The van der Waals surface area contributed by atoms with E-state index in [1.807, 2.05) is 6.07 Å². The van der Waals surface area contributed by atoms with Crippen LogP contribution >= 0.6 is 0 Å². The topological polar surface area (TPSA) is 24.5 Å². The molecule has 2 rings (SSSR count). The largest absolute Gasteiger partial charge is 0.496 e. The zero-order valence-corrected chi connectivity index (χ0v) is 9.42. The fourth-order valence-corrected chi connectivity index (χ4v) is 2.07. The van der Waals surface area contributed by atoms with Crippen LogP contribution in [0.25, 0.3) is 0 Å². The predicted molar refractivity (Wildman–Crippen MR) is 62.8 cm³/mol. The Bertz CT molecular complexity index is 332. The molecule has 1 aromatic rings. The van der Waals surface area contributed by atoms with Gasteiger partial charge in [-0.05, 0) is 19.1 Å².